The number of carbonyl (C=O) groups excluding carboxylic acids is 1. The molecule has 0 saturated heterocycles. The van der Waals surface area contributed by atoms with Gasteiger partial charge in [-0.2, -0.15) is 0 Å². The second-order valence-electron chi connectivity index (χ2n) is 8.05. The minimum absolute atomic E-state index is 0.0545. The van der Waals surface area contributed by atoms with Gasteiger partial charge in [-0.15, -0.1) is 0 Å². The zero-order chi connectivity index (χ0) is 23.4. The van der Waals surface area contributed by atoms with Crippen molar-refractivity contribution in [3.8, 4) is 11.1 Å². The standard InChI is InChI=1S/C27H25N3O3/c1-28-17-19-6-15-26-23(16-19)4-3-5-24(26)18-29(2)27(31)22-9-7-20(8-10-22)21-11-13-25(14-12-21)30(32)33/h3-16,28H,17-18H2,1-2H3. The zero-order valence-electron chi connectivity index (χ0n) is 18.6. The first-order valence-electron chi connectivity index (χ1n) is 10.7. The maximum Gasteiger partial charge on any atom is 0.269 e. The van der Waals surface area contributed by atoms with E-state index in [9.17, 15) is 14.9 Å². The van der Waals surface area contributed by atoms with Crippen LogP contribution in [0.3, 0.4) is 0 Å². The number of rotatable bonds is 7. The van der Waals surface area contributed by atoms with Crippen LogP contribution in [0.4, 0.5) is 5.69 Å². The maximum absolute atomic E-state index is 13.0. The molecule has 0 saturated carbocycles. The third kappa shape index (κ3) is 4.91. The Bertz CT molecular complexity index is 1300. The number of fused-ring (bicyclic) bond motifs is 1. The van der Waals surface area contributed by atoms with Crippen LogP contribution in [0.5, 0.6) is 0 Å². The Morgan fingerprint density at radius 2 is 1.61 bits per heavy atom. The van der Waals surface area contributed by atoms with Crippen molar-refractivity contribution in [2.45, 2.75) is 13.1 Å². The van der Waals surface area contributed by atoms with Crippen molar-refractivity contribution >= 4 is 22.4 Å². The summed E-state index contributed by atoms with van der Waals surface area (Å²) in [5, 5.41) is 16.3. The number of nitro groups is 1. The van der Waals surface area contributed by atoms with Crippen LogP contribution in [0.15, 0.2) is 84.9 Å². The van der Waals surface area contributed by atoms with Gasteiger partial charge in [0.1, 0.15) is 0 Å². The molecule has 4 aromatic carbocycles. The molecule has 6 nitrogen and oxygen atoms in total. The molecule has 0 bridgehead atoms. The molecule has 0 atom stereocenters. The van der Waals surface area contributed by atoms with Crippen LogP contribution in [0.25, 0.3) is 21.9 Å². The number of hydrogen-bond donors (Lipinski definition) is 1. The van der Waals surface area contributed by atoms with E-state index in [0.717, 1.165) is 34.0 Å². The molecule has 166 valence electrons. The summed E-state index contributed by atoms with van der Waals surface area (Å²) in [5.41, 5.74) is 4.73. The van der Waals surface area contributed by atoms with Crippen LogP contribution >= 0.6 is 0 Å². The van der Waals surface area contributed by atoms with Crippen LogP contribution in [0.1, 0.15) is 21.5 Å². The monoisotopic (exact) mass is 439 g/mol. The van der Waals surface area contributed by atoms with Gasteiger partial charge in [-0.05, 0) is 70.4 Å². The van der Waals surface area contributed by atoms with Gasteiger partial charge in [0.15, 0.2) is 0 Å². The van der Waals surface area contributed by atoms with Crippen molar-refractivity contribution in [3.05, 3.63) is 112 Å². The van der Waals surface area contributed by atoms with E-state index >= 15 is 0 Å². The number of nitrogens with zero attached hydrogens (tertiary/aromatic N) is 2. The van der Waals surface area contributed by atoms with Gasteiger partial charge < -0.3 is 10.2 Å². The molecule has 0 spiro atoms. The first-order valence-corrected chi connectivity index (χ1v) is 10.7. The number of carbonyl (C=O) groups is 1. The lowest BCUT2D eigenvalue weighted by atomic mass is 10.0. The summed E-state index contributed by atoms with van der Waals surface area (Å²) < 4.78 is 0. The minimum Gasteiger partial charge on any atom is -0.337 e. The lowest BCUT2D eigenvalue weighted by Crippen LogP contribution is -2.26. The molecule has 0 unspecified atom stereocenters. The van der Waals surface area contributed by atoms with Crippen molar-refractivity contribution in [1.82, 2.24) is 10.2 Å². The van der Waals surface area contributed by atoms with E-state index in [1.54, 1.807) is 36.2 Å². The van der Waals surface area contributed by atoms with Crippen LogP contribution in [-0.4, -0.2) is 29.8 Å². The third-order valence-electron chi connectivity index (χ3n) is 5.71. The average molecular weight is 440 g/mol. The second-order valence-corrected chi connectivity index (χ2v) is 8.05. The van der Waals surface area contributed by atoms with Gasteiger partial charge in [0.25, 0.3) is 11.6 Å². The predicted octanol–water partition coefficient (Wildman–Crippen LogP) is 5.41. The van der Waals surface area contributed by atoms with Crippen LogP contribution < -0.4 is 5.32 Å². The minimum atomic E-state index is -0.418. The molecule has 0 aliphatic heterocycles. The largest absolute Gasteiger partial charge is 0.337 e. The highest BCUT2D eigenvalue weighted by Crippen LogP contribution is 2.24. The van der Waals surface area contributed by atoms with Crippen molar-refractivity contribution in [2.24, 2.45) is 0 Å². The van der Waals surface area contributed by atoms with E-state index in [4.69, 9.17) is 0 Å². The first-order chi connectivity index (χ1) is 16.0. The van der Waals surface area contributed by atoms with Gasteiger partial charge in [0.2, 0.25) is 0 Å². The number of benzene rings is 4. The van der Waals surface area contributed by atoms with Gasteiger partial charge in [0.05, 0.1) is 4.92 Å². The van der Waals surface area contributed by atoms with Crippen molar-refractivity contribution in [2.75, 3.05) is 14.1 Å². The molecule has 1 amide bonds. The van der Waals surface area contributed by atoms with E-state index in [-0.39, 0.29) is 11.6 Å². The Morgan fingerprint density at radius 1 is 0.939 bits per heavy atom. The molecule has 4 aromatic rings. The smallest absolute Gasteiger partial charge is 0.269 e. The maximum atomic E-state index is 13.0. The molecule has 6 heteroatoms. The molecule has 33 heavy (non-hydrogen) atoms. The van der Waals surface area contributed by atoms with E-state index < -0.39 is 4.92 Å². The lowest BCUT2D eigenvalue weighted by Gasteiger charge is -2.19. The highest BCUT2D eigenvalue weighted by atomic mass is 16.6. The second kappa shape index (κ2) is 9.63. The molecule has 0 aliphatic carbocycles. The zero-order valence-corrected chi connectivity index (χ0v) is 18.6. The summed E-state index contributed by atoms with van der Waals surface area (Å²) in [6.45, 7) is 1.32. The summed E-state index contributed by atoms with van der Waals surface area (Å²) >= 11 is 0. The molecular weight excluding hydrogens is 414 g/mol. The molecular formula is C27H25N3O3. The molecule has 0 heterocycles. The highest BCUT2D eigenvalue weighted by Gasteiger charge is 2.14. The van der Waals surface area contributed by atoms with Gasteiger partial charge in [-0.1, -0.05) is 42.5 Å². The molecule has 0 aliphatic rings. The summed E-state index contributed by atoms with van der Waals surface area (Å²) in [6.07, 6.45) is 0. The molecule has 0 aromatic heterocycles. The third-order valence-corrected chi connectivity index (χ3v) is 5.71. The number of non-ortho nitro benzene ring substituents is 1. The van der Waals surface area contributed by atoms with Gasteiger partial charge >= 0.3 is 0 Å². The molecule has 1 N–H and O–H groups in total. The Labute approximate surface area is 192 Å². The lowest BCUT2D eigenvalue weighted by molar-refractivity contribution is -0.384. The van der Waals surface area contributed by atoms with Crippen LogP contribution in [0, 0.1) is 10.1 Å². The van der Waals surface area contributed by atoms with Crippen molar-refractivity contribution in [1.29, 1.82) is 0 Å². The van der Waals surface area contributed by atoms with Gasteiger partial charge in [0, 0.05) is 37.8 Å². The van der Waals surface area contributed by atoms with E-state index in [1.807, 2.05) is 25.2 Å². The average Bonchev–Trinajstić information content (AvgIpc) is 2.84. The normalized spacial score (nSPS) is 10.8. The van der Waals surface area contributed by atoms with Gasteiger partial charge in [-0.3, -0.25) is 14.9 Å². The van der Waals surface area contributed by atoms with E-state index in [0.29, 0.717) is 12.1 Å². The Balaban J connectivity index is 1.49. The Hall–Kier alpha value is -4.03. The topological polar surface area (TPSA) is 75.5 Å². The Morgan fingerprint density at radius 3 is 2.24 bits per heavy atom. The number of amides is 1. The highest BCUT2D eigenvalue weighted by molar-refractivity contribution is 5.95. The fourth-order valence-electron chi connectivity index (χ4n) is 3.98. The number of nitro benzene ring substituents is 1. The van der Waals surface area contributed by atoms with Crippen LogP contribution in [0.2, 0.25) is 0 Å². The van der Waals surface area contributed by atoms with Crippen molar-refractivity contribution in [3.63, 3.8) is 0 Å². The van der Waals surface area contributed by atoms with Gasteiger partial charge in [-0.25, -0.2) is 0 Å². The fourth-order valence-corrected chi connectivity index (χ4v) is 3.98. The van der Waals surface area contributed by atoms with E-state index in [1.165, 1.54) is 17.7 Å². The number of hydrogen-bond acceptors (Lipinski definition) is 4. The predicted molar refractivity (Wildman–Crippen MR) is 131 cm³/mol. The fraction of sp³-hybridized carbons (Fsp3) is 0.148. The summed E-state index contributed by atoms with van der Waals surface area (Å²) in [6, 6.07) is 26.3. The SMILES string of the molecule is CNCc1ccc2c(CN(C)C(=O)c3ccc(-c4ccc([N+](=O)[O-])cc4)cc3)cccc2c1. The quantitative estimate of drug-likeness (QED) is 0.309. The summed E-state index contributed by atoms with van der Waals surface area (Å²) in [7, 11) is 3.74. The first kappa shape index (κ1) is 22.2. The number of nitrogens with one attached hydrogen (secondary N) is 1. The molecule has 0 radical (unpaired) electrons. The van der Waals surface area contributed by atoms with E-state index in [2.05, 4.69) is 35.6 Å². The molecule has 4 rings (SSSR count). The van der Waals surface area contributed by atoms with Crippen molar-refractivity contribution < 1.29 is 9.72 Å². The summed E-state index contributed by atoms with van der Waals surface area (Å²) in [4.78, 5) is 25.2. The van der Waals surface area contributed by atoms with Crippen LogP contribution in [-0.2, 0) is 13.1 Å². The summed E-state index contributed by atoms with van der Waals surface area (Å²) in [5.74, 6) is -0.0611. The Kier molecular flexibility index (Phi) is 6.47. The molecule has 0 fully saturated rings.